The number of rotatable bonds is 2. The number of amides is 1. The summed E-state index contributed by atoms with van der Waals surface area (Å²) in [7, 11) is 1.57. The van der Waals surface area contributed by atoms with Crippen LogP contribution in [0.15, 0.2) is 23.0 Å². The molecule has 1 saturated heterocycles. The number of H-pyrrole nitrogens is 1. The summed E-state index contributed by atoms with van der Waals surface area (Å²) in [6.07, 6.45) is -0.223. The molecule has 0 radical (unpaired) electrons. The van der Waals surface area contributed by atoms with Gasteiger partial charge in [-0.1, -0.05) is 0 Å². The molecule has 2 heterocycles. The van der Waals surface area contributed by atoms with Crippen molar-refractivity contribution in [1.82, 2.24) is 14.5 Å². The van der Waals surface area contributed by atoms with Gasteiger partial charge < -0.3 is 15.0 Å². The Morgan fingerprint density at radius 2 is 2.14 bits per heavy atom. The molecule has 1 aliphatic rings. The van der Waals surface area contributed by atoms with Gasteiger partial charge in [0.05, 0.1) is 17.6 Å². The Balaban J connectivity index is 1.92. The number of hydrogen-bond acceptors (Lipinski definition) is 3. The number of aryl methyl sites for hydroxylation is 1. The largest absolute Gasteiger partial charge is 0.479 e. The van der Waals surface area contributed by atoms with Gasteiger partial charge in [0.15, 0.2) is 0 Å². The molecule has 0 aliphatic carbocycles. The lowest BCUT2D eigenvalue weighted by Crippen LogP contribution is -2.38. The zero-order valence-corrected chi connectivity index (χ0v) is 11.8. The van der Waals surface area contributed by atoms with E-state index in [1.165, 1.54) is 21.6 Å². The van der Waals surface area contributed by atoms with Crippen molar-refractivity contribution in [2.75, 3.05) is 13.1 Å². The van der Waals surface area contributed by atoms with Gasteiger partial charge in [0.2, 0.25) is 5.67 Å². The van der Waals surface area contributed by atoms with Crippen LogP contribution < -0.4 is 5.69 Å². The van der Waals surface area contributed by atoms with E-state index in [4.69, 9.17) is 5.11 Å². The van der Waals surface area contributed by atoms with E-state index < -0.39 is 24.1 Å². The molecule has 8 heteroatoms. The molecule has 1 fully saturated rings. The summed E-state index contributed by atoms with van der Waals surface area (Å²) >= 11 is 0. The minimum absolute atomic E-state index is 0.0474. The number of hydrogen-bond donors (Lipinski definition) is 2. The van der Waals surface area contributed by atoms with E-state index in [1.54, 1.807) is 13.1 Å². The molecule has 116 valence electrons. The van der Waals surface area contributed by atoms with Gasteiger partial charge in [-0.2, -0.15) is 0 Å². The van der Waals surface area contributed by atoms with Crippen LogP contribution in [0.1, 0.15) is 16.8 Å². The lowest BCUT2D eigenvalue weighted by Gasteiger charge is -2.17. The fourth-order valence-electron chi connectivity index (χ4n) is 2.66. The number of alkyl halides is 1. The molecule has 1 atom stereocenters. The van der Waals surface area contributed by atoms with Crippen LogP contribution >= 0.6 is 0 Å². The van der Waals surface area contributed by atoms with Crippen molar-refractivity contribution in [2.24, 2.45) is 7.05 Å². The Labute approximate surface area is 124 Å². The Kier molecular flexibility index (Phi) is 3.05. The van der Waals surface area contributed by atoms with Gasteiger partial charge in [-0.15, -0.1) is 0 Å². The molecule has 2 N–H and O–H groups in total. The molecule has 1 aromatic heterocycles. The molecule has 0 spiro atoms. The number of carbonyl (C=O) groups excluding carboxylic acids is 1. The second kappa shape index (κ2) is 4.69. The second-order valence-corrected chi connectivity index (χ2v) is 5.47. The van der Waals surface area contributed by atoms with E-state index in [2.05, 4.69) is 4.98 Å². The first kappa shape index (κ1) is 14.3. The van der Waals surface area contributed by atoms with Gasteiger partial charge in [0.1, 0.15) is 0 Å². The Morgan fingerprint density at radius 1 is 1.41 bits per heavy atom. The van der Waals surface area contributed by atoms with Crippen molar-refractivity contribution in [2.45, 2.75) is 12.1 Å². The summed E-state index contributed by atoms with van der Waals surface area (Å²) in [4.78, 5) is 38.6. The van der Waals surface area contributed by atoms with E-state index in [0.717, 1.165) is 0 Å². The van der Waals surface area contributed by atoms with Crippen molar-refractivity contribution in [1.29, 1.82) is 0 Å². The summed E-state index contributed by atoms with van der Waals surface area (Å²) < 4.78 is 15.4. The third-order valence-electron chi connectivity index (χ3n) is 4.04. The van der Waals surface area contributed by atoms with Gasteiger partial charge in [-0.3, -0.25) is 9.36 Å². The zero-order chi connectivity index (χ0) is 16.1. The SMILES string of the molecule is Cn1c(=O)[nH]c2ccc(C(=O)N3CCC(F)(C(=O)O)C3)cc21. The lowest BCUT2D eigenvalue weighted by molar-refractivity contribution is -0.149. The first-order chi connectivity index (χ1) is 10.3. The zero-order valence-electron chi connectivity index (χ0n) is 11.8. The number of nitrogens with one attached hydrogen (secondary N) is 1. The molecule has 1 aliphatic heterocycles. The van der Waals surface area contributed by atoms with Crippen molar-refractivity contribution < 1.29 is 19.1 Å². The van der Waals surface area contributed by atoms with Crippen LogP contribution in [0, 0.1) is 0 Å². The summed E-state index contributed by atoms with van der Waals surface area (Å²) in [6.45, 7) is -0.420. The van der Waals surface area contributed by atoms with Crippen LogP contribution in [-0.2, 0) is 11.8 Å². The highest BCUT2D eigenvalue weighted by atomic mass is 19.1. The average Bonchev–Trinajstić information content (AvgIpc) is 3.01. The maximum Gasteiger partial charge on any atom is 0.343 e. The number of nitrogens with zero attached hydrogens (tertiary/aromatic N) is 2. The number of aliphatic carboxylic acids is 1. The van der Waals surface area contributed by atoms with Crippen LogP contribution in [0.3, 0.4) is 0 Å². The van der Waals surface area contributed by atoms with Crippen LogP contribution in [-0.4, -0.2) is 50.2 Å². The Bertz CT molecular complexity index is 840. The number of likely N-dealkylation sites (tertiary alicyclic amines) is 1. The fourth-order valence-corrected chi connectivity index (χ4v) is 2.66. The summed E-state index contributed by atoms with van der Waals surface area (Å²) in [5.41, 5.74) is -1.25. The third kappa shape index (κ3) is 2.07. The maximum absolute atomic E-state index is 14.0. The number of fused-ring (bicyclic) bond motifs is 1. The number of carboxylic acids is 1. The molecular weight excluding hydrogens is 293 g/mol. The highest BCUT2D eigenvalue weighted by Gasteiger charge is 2.47. The topological polar surface area (TPSA) is 95.4 Å². The smallest absolute Gasteiger partial charge is 0.343 e. The summed E-state index contributed by atoms with van der Waals surface area (Å²) in [6, 6.07) is 4.66. The number of benzene rings is 1. The van der Waals surface area contributed by atoms with E-state index in [0.29, 0.717) is 11.0 Å². The highest BCUT2D eigenvalue weighted by molar-refractivity contribution is 5.98. The normalized spacial score (nSPS) is 21.5. The van der Waals surface area contributed by atoms with Crippen LogP contribution in [0.25, 0.3) is 11.0 Å². The van der Waals surface area contributed by atoms with Gasteiger partial charge in [0.25, 0.3) is 5.91 Å². The van der Waals surface area contributed by atoms with E-state index in [9.17, 15) is 18.8 Å². The molecule has 0 saturated carbocycles. The summed E-state index contributed by atoms with van der Waals surface area (Å²) in [5.74, 6) is -2.00. The minimum atomic E-state index is -2.39. The Hall–Kier alpha value is -2.64. The number of halogens is 1. The van der Waals surface area contributed by atoms with E-state index in [1.807, 2.05) is 0 Å². The molecular formula is C14H14FN3O4. The van der Waals surface area contributed by atoms with Gasteiger partial charge in [0, 0.05) is 25.6 Å². The average molecular weight is 307 g/mol. The second-order valence-electron chi connectivity index (χ2n) is 5.47. The molecule has 2 aromatic rings. The molecule has 7 nitrogen and oxygen atoms in total. The van der Waals surface area contributed by atoms with Crippen LogP contribution in [0.5, 0.6) is 0 Å². The summed E-state index contributed by atoms with van der Waals surface area (Å²) in [5, 5.41) is 8.87. The predicted octanol–water partition coefficient (Wildman–Crippen LogP) is 0.505. The number of carbonyl (C=O) groups is 2. The predicted molar refractivity (Wildman–Crippen MR) is 75.5 cm³/mol. The number of imidazole rings is 1. The van der Waals surface area contributed by atoms with Crippen LogP contribution in [0.4, 0.5) is 4.39 Å². The molecule has 1 unspecified atom stereocenters. The number of carboxylic acid groups (broad SMARTS) is 1. The van der Waals surface area contributed by atoms with Crippen molar-refractivity contribution in [3.8, 4) is 0 Å². The van der Waals surface area contributed by atoms with Gasteiger partial charge in [-0.05, 0) is 18.2 Å². The standard InChI is InChI=1S/C14H14FN3O4/c1-17-10-6-8(2-3-9(10)16-13(17)22)11(19)18-5-4-14(15,7-18)12(20)21/h2-3,6H,4-5,7H2,1H3,(H,16,22)(H,20,21). The van der Waals surface area contributed by atoms with E-state index in [-0.39, 0.29) is 24.2 Å². The van der Waals surface area contributed by atoms with Crippen molar-refractivity contribution in [3.63, 3.8) is 0 Å². The highest BCUT2D eigenvalue weighted by Crippen LogP contribution is 2.27. The molecule has 3 rings (SSSR count). The van der Waals surface area contributed by atoms with Gasteiger partial charge >= 0.3 is 11.7 Å². The fraction of sp³-hybridized carbons (Fsp3) is 0.357. The van der Waals surface area contributed by atoms with E-state index >= 15 is 0 Å². The van der Waals surface area contributed by atoms with Crippen LogP contribution in [0.2, 0.25) is 0 Å². The molecule has 1 aromatic carbocycles. The monoisotopic (exact) mass is 307 g/mol. The molecule has 1 amide bonds. The minimum Gasteiger partial charge on any atom is -0.479 e. The first-order valence-electron chi connectivity index (χ1n) is 6.72. The maximum atomic E-state index is 14.0. The Morgan fingerprint density at radius 3 is 2.77 bits per heavy atom. The lowest BCUT2D eigenvalue weighted by atomic mass is 10.1. The first-order valence-corrected chi connectivity index (χ1v) is 6.72. The quantitative estimate of drug-likeness (QED) is 0.845. The number of aromatic nitrogens is 2. The van der Waals surface area contributed by atoms with Crippen molar-refractivity contribution >= 4 is 22.9 Å². The third-order valence-corrected chi connectivity index (χ3v) is 4.04. The molecule has 0 bridgehead atoms. The van der Waals surface area contributed by atoms with Crippen molar-refractivity contribution in [3.05, 3.63) is 34.2 Å². The number of aromatic amines is 1. The van der Waals surface area contributed by atoms with Gasteiger partial charge in [-0.25, -0.2) is 14.0 Å². The molecule has 22 heavy (non-hydrogen) atoms.